The van der Waals surface area contributed by atoms with E-state index in [-0.39, 0.29) is 0 Å². The number of rotatable bonds is 8. The van der Waals surface area contributed by atoms with Crippen molar-refractivity contribution in [3.63, 3.8) is 0 Å². The Bertz CT molecular complexity index is 692. The molecule has 0 amide bonds. The normalized spacial score (nSPS) is 11.6. The van der Waals surface area contributed by atoms with Crippen molar-refractivity contribution in [1.29, 1.82) is 0 Å². The zero-order chi connectivity index (χ0) is 22.5. The third-order valence-electron chi connectivity index (χ3n) is 3.48. The zero-order valence-corrected chi connectivity index (χ0v) is 18.6. The van der Waals surface area contributed by atoms with Crippen LogP contribution in [0.1, 0.15) is 27.7 Å². The van der Waals surface area contributed by atoms with Crippen LogP contribution in [0.3, 0.4) is 0 Å². The average molecular weight is 396 g/mol. The van der Waals surface area contributed by atoms with Gasteiger partial charge in [-0.3, -0.25) is 14.9 Å². The Labute approximate surface area is 177 Å². The summed E-state index contributed by atoms with van der Waals surface area (Å²) in [6.07, 6.45) is 17.7. The first kappa shape index (κ1) is 28.1. The van der Waals surface area contributed by atoms with Gasteiger partial charge in [-0.05, 0) is 46.0 Å². The number of nitrogens with one attached hydrogen (secondary N) is 1. The van der Waals surface area contributed by atoms with Gasteiger partial charge in [-0.1, -0.05) is 36.4 Å². The van der Waals surface area contributed by atoms with Gasteiger partial charge in [0.15, 0.2) is 0 Å². The smallest absolute Gasteiger partial charge is 0.114 e. The van der Waals surface area contributed by atoms with Crippen molar-refractivity contribution in [2.24, 2.45) is 9.98 Å². The highest BCUT2D eigenvalue weighted by Crippen LogP contribution is 2.20. The van der Waals surface area contributed by atoms with Crippen molar-refractivity contribution in [2.75, 3.05) is 32.4 Å². The quantitative estimate of drug-likeness (QED) is 0.218. The second kappa shape index (κ2) is 19.7. The molecule has 0 spiro atoms. The number of nitrogens with zero attached hydrogens (tertiary/aromatic N) is 3. The second-order valence-electron chi connectivity index (χ2n) is 5.85. The molecular formula is C24H37N5. The molecule has 0 unspecified atom stereocenters. The average Bonchev–Trinajstić information content (AvgIpc) is 2.74. The SMILES string of the molecule is C#C.C/C=C\C.C=CCN(CC(C)=Nc1ccccc1N)CC(=NC)N/C=C/C. The predicted octanol–water partition coefficient (Wildman–Crippen LogP) is 4.83. The van der Waals surface area contributed by atoms with Gasteiger partial charge in [0, 0.05) is 25.8 Å². The van der Waals surface area contributed by atoms with E-state index in [1.807, 2.05) is 82.5 Å². The number of para-hydroxylation sites is 2. The van der Waals surface area contributed by atoms with Gasteiger partial charge in [0.1, 0.15) is 5.84 Å². The topological polar surface area (TPSA) is 66.0 Å². The van der Waals surface area contributed by atoms with Gasteiger partial charge >= 0.3 is 0 Å². The first-order chi connectivity index (χ1) is 14.0. The minimum Gasteiger partial charge on any atom is -0.397 e. The summed E-state index contributed by atoms with van der Waals surface area (Å²) >= 11 is 0. The van der Waals surface area contributed by atoms with Crippen LogP contribution in [0.2, 0.25) is 0 Å². The van der Waals surface area contributed by atoms with Gasteiger partial charge in [0.2, 0.25) is 0 Å². The highest BCUT2D eigenvalue weighted by molar-refractivity contribution is 5.89. The Hall–Kier alpha value is -3.10. The van der Waals surface area contributed by atoms with Crippen LogP contribution in [0.25, 0.3) is 0 Å². The first-order valence-corrected chi connectivity index (χ1v) is 9.48. The summed E-state index contributed by atoms with van der Waals surface area (Å²) in [6, 6.07) is 7.62. The van der Waals surface area contributed by atoms with E-state index in [4.69, 9.17) is 5.73 Å². The van der Waals surface area contributed by atoms with E-state index < -0.39 is 0 Å². The standard InChI is InChI=1S/C18H27N5.C4H8.C2H2/c1-5-11-21-18(20-4)14-23(12-6-2)13-15(3)22-17-10-8-7-9-16(17)19;1-3-4-2;1-2/h5-11H,2,12-14,19H2,1,3-4H3,(H,20,21);3-4H,1-2H3;1-2H/b11-5+,22-15?;4-3-;. The molecule has 5 heteroatoms. The summed E-state index contributed by atoms with van der Waals surface area (Å²) in [5.74, 6) is 0.900. The van der Waals surface area contributed by atoms with Gasteiger partial charge in [0.25, 0.3) is 0 Å². The molecule has 1 rings (SSSR count). The van der Waals surface area contributed by atoms with E-state index in [1.165, 1.54) is 0 Å². The Morgan fingerprint density at radius 1 is 1.14 bits per heavy atom. The van der Waals surface area contributed by atoms with Crippen LogP contribution in [-0.4, -0.2) is 43.1 Å². The molecular weight excluding hydrogens is 358 g/mol. The van der Waals surface area contributed by atoms with E-state index in [2.05, 4.69) is 39.6 Å². The van der Waals surface area contributed by atoms with Crippen LogP contribution in [0.4, 0.5) is 11.4 Å². The molecule has 0 aliphatic rings. The third kappa shape index (κ3) is 14.6. The highest BCUT2D eigenvalue weighted by atomic mass is 15.2. The molecule has 0 aliphatic heterocycles. The third-order valence-corrected chi connectivity index (χ3v) is 3.48. The fourth-order valence-corrected chi connectivity index (χ4v) is 2.09. The van der Waals surface area contributed by atoms with Gasteiger partial charge in [0.05, 0.1) is 17.9 Å². The summed E-state index contributed by atoms with van der Waals surface area (Å²) in [4.78, 5) is 11.1. The Morgan fingerprint density at radius 3 is 2.24 bits per heavy atom. The summed E-state index contributed by atoms with van der Waals surface area (Å²) in [6.45, 7) is 14.0. The van der Waals surface area contributed by atoms with E-state index in [1.54, 1.807) is 7.05 Å². The van der Waals surface area contributed by atoms with E-state index in [0.717, 1.165) is 30.3 Å². The predicted molar refractivity (Wildman–Crippen MR) is 132 cm³/mol. The van der Waals surface area contributed by atoms with Crippen LogP contribution in [0.5, 0.6) is 0 Å². The number of hydrogen-bond donors (Lipinski definition) is 2. The van der Waals surface area contributed by atoms with Crippen LogP contribution in [0, 0.1) is 12.8 Å². The molecule has 0 aliphatic carbocycles. The number of nitrogen functional groups attached to an aromatic ring is 1. The maximum absolute atomic E-state index is 5.94. The van der Waals surface area contributed by atoms with Gasteiger partial charge < -0.3 is 11.1 Å². The van der Waals surface area contributed by atoms with Crippen LogP contribution >= 0.6 is 0 Å². The molecule has 0 atom stereocenters. The summed E-state index contributed by atoms with van der Waals surface area (Å²) < 4.78 is 0. The van der Waals surface area contributed by atoms with Crippen LogP contribution in [0.15, 0.2) is 71.3 Å². The van der Waals surface area contributed by atoms with Crippen molar-refractivity contribution in [3.8, 4) is 12.8 Å². The molecule has 158 valence electrons. The number of hydrogen-bond acceptors (Lipinski definition) is 4. The number of anilines is 1. The Morgan fingerprint density at radius 2 is 1.76 bits per heavy atom. The molecule has 3 N–H and O–H groups in total. The van der Waals surface area contributed by atoms with Crippen molar-refractivity contribution in [1.82, 2.24) is 10.2 Å². The lowest BCUT2D eigenvalue weighted by Crippen LogP contribution is -2.38. The zero-order valence-electron chi connectivity index (χ0n) is 18.6. The lowest BCUT2D eigenvalue weighted by atomic mass is 10.2. The molecule has 1 aromatic carbocycles. The molecule has 29 heavy (non-hydrogen) atoms. The highest BCUT2D eigenvalue weighted by Gasteiger charge is 2.08. The molecule has 1 aromatic rings. The minimum atomic E-state index is 0.688. The summed E-state index contributed by atoms with van der Waals surface area (Å²) in [5, 5.41) is 3.17. The van der Waals surface area contributed by atoms with Crippen molar-refractivity contribution >= 4 is 22.9 Å². The number of nitrogens with two attached hydrogens (primary N) is 1. The molecule has 0 bridgehead atoms. The van der Waals surface area contributed by atoms with Crippen molar-refractivity contribution in [3.05, 3.63) is 61.3 Å². The number of amidine groups is 1. The second-order valence-corrected chi connectivity index (χ2v) is 5.85. The fraction of sp³-hybridized carbons (Fsp3) is 0.333. The molecule has 0 fully saturated rings. The molecule has 0 aromatic heterocycles. The van der Waals surface area contributed by atoms with E-state index in [0.29, 0.717) is 12.2 Å². The monoisotopic (exact) mass is 395 g/mol. The molecule has 0 saturated heterocycles. The summed E-state index contributed by atoms with van der Waals surface area (Å²) in [5.41, 5.74) is 8.43. The molecule has 0 heterocycles. The van der Waals surface area contributed by atoms with Gasteiger partial charge in [-0.15, -0.1) is 19.4 Å². The minimum absolute atomic E-state index is 0.688. The van der Waals surface area contributed by atoms with E-state index >= 15 is 0 Å². The van der Waals surface area contributed by atoms with Crippen molar-refractivity contribution in [2.45, 2.75) is 27.7 Å². The number of benzene rings is 1. The van der Waals surface area contributed by atoms with Gasteiger partial charge in [-0.2, -0.15) is 0 Å². The summed E-state index contributed by atoms with van der Waals surface area (Å²) in [7, 11) is 1.78. The lowest BCUT2D eigenvalue weighted by Gasteiger charge is -2.21. The largest absolute Gasteiger partial charge is 0.397 e. The lowest BCUT2D eigenvalue weighted by molar-refractivity contribution is 0.391. The van der Waals surface area contributed by atoms with Crippen LogP contribution < -0.4 is 11.1 Å². The number of allylic oxidation sites excluding steroid dienone is 3. The molecule has 0 radical (unpaired) electrons. The Kier molecular flexibility index (Phi) is 19.1. The maximum atomic E-state index is 5.94. The number of aliphatic imine (C=N–C) groups is 2. The number of terminal acetylenes is 1. The molecule has 5 nitrogen and oxygen atoms in total. The Balaban J connectivity index is 0. The van der Waals surface area contributed by atoms with Crippen molar-refractivity contribution < 1.29 is 0 Å². The van der Waals surface area contributed by atoms with Gasteiger partial charge in [-0.25, -0.2) is 0 Å². The maximum Gasteiger partial charge on any atom is 0.114 e. The fourth-order valence-electron chi connectivity index (χ4n) is 2.09. The van der Waals surface area contributed by atoms with E-state index in [9.17, 15) is 0 Å². The first-order valence-electron chi connectivity index (χ1n) is 9.48. The van der Waals surface area contributed by atoms with Crippen LogP contribution in [-0.2, 0) is 0 Å². The molecule has 0 saturated carbocycles.